The van der Waals surface area contributed by atoms with Gasteiger partial charge in [0.2, 0.25) is 0 Å². The first-order valence-corrected chi connectivity index (χ1v) is 6.48. The van der Waals surface area contributed by atoms with E-state index in [9.17, 15) is 5.11 Å². The second-order valence-corrected chi connectivity index (χ2v) is 4.83. The molecule has 0 aliphatic rings. The molecule has 0 aliphatic carbocycles. The topological polar surface area (TPSA) is 20.2 Å². The molecule has 3 rings (SSSR count). The van der Waals surface area contributed by atoms with Crippen molar-refractivity contribution in [2.24, 2.45) is 0 Å². The number of aliphatic hydroxyl groups is 1. The Morgan fingerprint density at radius 2 is 1.37 bits per heavy atom. The van der Waals surface area contributed by atoms with Gasteiger partial charge >= 0.3 is 0 Å². The molecule has 0 amide bonds. The molecule has 1 heteroatoms. The average Bonchev–Trinajstić information content (AvgIpc) is 2.46. The molecule has 3 aromatic rings. The van der Waals surface area contributed by atoms with Gasteiger partial charge in [0.15, 0.2) is 0 Å². The van der Waals surface area contributed by atoms with Gasteiger partial charge in [-0.25, -0.2) is 0 Å². The van der Waals surface area contributed by atoms with E-state index in [2.05, 4.69) is 18.2 Å². The van der Waals surface area contributed by atoms with Crippen molar-refractivity contribution in [3.05, 3.63) is 83.4 Å². The van der Waals surface area contributed by atoms with Gasteiger partial charge in [0.1, 0.15) is 6.10 Å². The Bertz CT molecular complexity index is 710. The third-order valence-electron chi connectivity index (χ3n) is 3.60. The Morgan fingerprint density at radius 1 is 0.737 bits per heavy atom. The molecule has 0 saturated heterocycles. The van der Waals surface area contributed by atoms with Crippen molar-refractivity contribution in [2.75, 3.05) is 0 Å². The standard InChI is InChI=1S/C18H16O/c1-13-7-2-4-10-15(13)18(19)17-12-6-9-14-8-3-5-11-16(14)17/h2-12,18-19H,1H3/t18-/m0/s1. The van der Waals surface area contributed by atoms with Gasteiger partial charge in [-0.1, -0.05) is 66.7 Å². The van der Waals surface area contributed by atoms with Gasteiger partial charge in [-0.3, -0.25) is 0 Å². The molecule has 3 aromatic carbocycles. The predicted octanol–water partition coefficient (Wildman–Crippen LogP) is 4.23. The Morgan fingerprint density at radius 3 is 2.21 bits per heavy atom. The normalized spacial score (nSPS) is 12.5. The molecule has 1 nitrogen and oxygen atoms in total. The molecule has 1 N–H and O–H groups in total. The SMILES string of the molecule is Cc1ccccc1[C@H](O)c1cccc2ccccc12. The van der Waals surface area contributed by atoms with Crippen molar-refractivity contribution in [3.8, 4) is 0 Å². The van der Waals surface area contributed by atoms with Gasteiger partial charge < -0.3 is 5.11 Å². The van der Waals surface area contributed by atoms with Gasteiger partial charge in [0.05, 0.1) is 0 Å². The molecule has 0 aliphatic heterocycles. The van der Waals surface area contributed by atoms with Crippen LogP contribution in [0.25, 0.3) is 10.8 Å². The van der Waals surface area contributed by atoms with E-state index < -0.39 is 6.10 Å². The maximum Gasteiger partial charge on any atom is 0.105 e. The lowest BCUT2D eigenvalue weighted by molar-refractivity contribution is 0.221. The smallest absolute Gasteiger partial charge is 0.105 e. The fraction of sp³-hybridized carbons (Fsp3) is 0.111. The van der Waals surface area contributed by atoms with E-state index in [4.69, 9.17) is 0 Å². The van der Waals surface area contributed by atoms with Crippen LogP contribution in [-0.2, 0) is 0 Å². The lowest BCUT2D eigenvalue weighted by atomic mass is 9.93. The van der Waals surface area contributed by atoms with Crippen molar-refractivity contribution < 1.29 is 5.11 Å². The van der Waals surface area contributed by atoms with Crippen molar-refractivity contribution in [3.63, 3.8) is 0 Å². The molecule has 0 radical (unpaired) electrons. The highest BCUT2D eigenvalue weighted by atomic mass is 16.3. The molecule has 0 aromatic heterocycles. The predicted molar refractivity (Wildman–Crippen MR) is 79.2 cm³/mol. The molecule has 19 heavy (non-hydrogen) atoms. The monoisotopic (exact) mass is 248 g/mol. The van der Waals surface area contributed by atoms with Crippen molar-refractivity contribution in [1.82, 2.24) is 0 Å². The zero-order chi connectivity index (χ0) is 13.2. The third-order valence-corrected chi connectivity index (χ3v) is 3.60. The first kappa shape index (κ1) is 11.9. The van der Waals surface area contributed by atoms with E-state index in [1.807, 2.05) is 55.5 Å². The van der Waals surface area contributed by atoms with E-state index in [0.717, 1.165) is 27.5 Å². The Labute approximate surface area is 113 Å². The zero-order valence-corrected chi connectivity index (χ0v) is 10.9. The highest BCUT2D eigenvalue weighted by Gasteiger charge is 2.14. The van der Waals surface area contributed by atoms with Crippen LogP contribution in [0.2, 0.25) is 0 Å². The Kier molecular flexibility index (Phi) is 3.06. The first-order valence-electron chi connectivity index (χ1n) is 6.48. The largest absolute Gasteiger partial charge is 0.384 e. The number of hydrogen-bond donors (Lipinski definition) is 1. The van der Waals surface area contributed by atoms with Crippen LogP contribution in [0.4, 0.5) is 0 Å². The Hall–Kier alpha value is -2.12. The van der Waals surface area contributed by atoms with E-state index in [1.165, 1.54) is 0 Å². The van der Waals surface area contributed by atoms with Gasteiger partial charge in [-0.05, 0) is 34.4 Å². The van der Waals surface area contributed by atoms with Crippen LogP contribution in [0, 0.1) is 6.92 Å². The molecule has 94 valence electrons. The summed E-state index contributed by atoms with van der Waals surface area (Å²) in [6, 6.07) is 22.2. The summed E-state index contributed by atoms with van der Waals surface area (Å²) in [5.74, 6) is 0. The summed E-state index contributed by atoms with van der Waals surface area (Å²) in [7, 11) is 0. The lowest BCUT2D eigenvalue weighted by Crippen LogP contribution is -2.02. The van der Waals surface area contributed by atoms with Crippen LogP contribution in [0.5, 0.6) is 0 Å². The number of aryl methyl sites for hydroxylation is 1. The zero-order valence-electron chi connectivity index (χ0n) is 10.9. The Balaban J connectivity index is 2.17. The molecular weight excluding hydrogens is 232 g/mol. The fourth-order valence-electron chi connectivity index (χ4n) is 2.55. The number of benzene rings is 3. The molecule has 0 saturated carbocycles. The van der Waals surface area contributed by atoms with E-state index in [-0.39, 0.29) is 0 Å². The third kappa shape index (κ3) is 2.13. The fourth-order valence-corrected chi connectivity index (χ4v) is 2.55. The quantitative estimate of drug-likeness (QED) is 0.719. The minimum Gasteiger partial charge on any atom is -0.384 e. The summed E-state index contributed by atoms with van der Waals surface area (Å²) in [6.07, 6.45) is -0.577. The minimum atomic E-state index is -0.577. The van der Waals surface area contributed by atoms with E-state index in [1.54, 1.807) is 0 Å². The van der Waals surface area contributed by atoms with E-state index >= 15 is 0 Å². The molecule has 0 fully saturated rings. The summed E-state index contributed by atoms with van der Waals surface area (Å²) in [6.45, 7) is 2.03. The summed E-state index contributed by atoms with van der Waals surface area (Å²) >= 11 is 0. The van der Waals surface area contributed by atoms with Crippen LogP contribution in [0.15, 0.2) is 66.7 Å². The number of aliphatic hydroxyl groups excluding tert-OH is 1. The van der Waals surface area contributed by atoms with Gasteiger partial charge in [-0.15, -0.1) is 0 Å². The second-order valence-electron chi connectivity index (χ2n) is 4.83. The van der Waals surface area contributed by atoms with Crippen molar-refractivity contribution in [2.45, 2.75) is 13.0 Å². The summed E-state index contributed by atoms with van der Waals surface area (Å²) < 4.78 is 0. The van der Waals surface area contributed by atoms with Crippen LogP contribution in [-0.4, -0.2) is 5.11 Å². The van der Waals surface area contributed by atoms with Crippen LogP contribution in [0.3, 0.4) is 0 Å². The molecule has 0 unspecified atom stereocenters. The van der Waals surface area contributed by atoms with Crippen molar-refractivity contribution >= 4 is 10.8 Å². The molecule has 0 spiro atoms. The van der Waals surface area contributed by atoms with Gasteiger partial charge in [-0.2, -0.15) is 0 Å². The van der Waals surface area contributed by atoms with Gasteiger partial charge in [0, 0.05) is 0 Å². The lowest BCUT2D eigenvalue weighted by Gasteiger charge is -2.16. The highest BCUT2D eigenvalue weighted by Crippen LogP contribution is 2.30. The van der Waals surface area contributed by atoms with Crippen LogP contribution < -0.4 is 0 Å². The summed E-state index contributed by atoms with van der Waals surface area (Å²) in [4.78, 5) is 0. The first-order chi connectivity index (χ1) is 9.27. The maximum atomic E-state index is 10.7. The maximum absolute atomic E-state index is 10.7. The summed E-state index contributed by atoms with van der Waals surface area (Å²) in [5, 5.41) is 12.9. The average molecular weight is 248 g/mol. The molecule has 1 atom stereocenters. The van der Waals surface area contributed by atoms with E-state index in [0.29, 0.717) is 0 Å². The van der Waals surface area contributed by atoms with Crippen LogP contribution >= 0.6 is 0 Å². The van der Waals surface area contributed by atoms with Crippen LogP contribution in [0.1, 0.15) is 22.8 Å². The molecular formula is C18H16O. The van der Waals surface area contributed by atoms with Crippen molar-refractivity contribution in [1.29, 1.82) is 0 Å². The number of rotatable bonds is 2. The summed E-state index contributed by atoms with van der Waals surface area (Å²) in [5.41, 5.74) is 3.05. The number of fused-ring (bicyclic) bond motifs is 1. The number of hydrogen-bond acceptors (Lipinski definition) is 1. The highest BCUT2D eigenvalue weighted by molar-refractivity contribution is 5.86. The van der Waals surface area contributed by atoms with Gasteiger partial charge in [0.25, 0.3) is 0 Å². The molecule has 0 heterocycles. The minimum absolute atomic E-state index is 0.577. The second kappa shape index (κ2) is 4.87. The molecule has 0 bridgehead atoms.